The van der Waals surface area contributed by atoms with Crippen LogP contribution in [0.2, 0.25) is 0 Å². The molecule has 2 atom stereocenters. The number of rotatable bonds is 1. The number of aliphatic imine (C=N–C) groups is 1. The second-order valence-corrected chi connectivity index (χ2v) is 8.03. The fourth-order valence-electron chi connectivity index (χ4n) is 4.59. The first-order chi connectivity index (χ1) is 10.9. The molecule has 0 aliphatic carbocycles. The zero-order chi connectivity index (χ0) is 16.2. The van der Waals surface area contributed by atoms with E-state index in [0.29, 0.717) is 6.04 Å². The third kappa shape index (κ3) is 1.97. The molecule has 2 aromatic rings. The molecular formula is C21H24N2. The molecule has 4 rings (SSSR count). The predicted octanol–water partition coefficient (Wildman–Crippen LogP) is 4.92. The van der Waals surface area contributed by atoms with Crippen molar-refractivity contribution in [1.29, 1.82) is 0 Å². The quantitative estimate of drug-likeness (QED) is 0.730. The Morgan fingerprint density at radius 2 is 1.65 bits per heavy atom. The van der Waals surface area contributed by atoms with Crippen molar-refractivity contribution in [1.82, 2.24) is 4.90 Å². The molecule has 0 spiro atoms. The molecule has 2 heteroatoms. The number of hydrogen-bond donors (Lipinski definition) is 0. The molecule has 2 nitrogen and oxygen atoms in total. The van der Waals surface area contributed by atoms with Crippen LogP contribution in [-0.2, 0) is 12.0 Å². The van der Waals surface area contributed by atoms with Crippen molar-refractivity contribution in [2.75, 3.05) is 0 Å². The molecule has 0 aromatic heterocycles. The highest BCUT2D eigenvalue weighted by molar-refractivity contribution is 6.02. The summed E-state index contributed by atoms with van der Waals surface area (Å²) in [4.78, 5) is 7.56. The smallest absolute Gasteiger partial charge is 0.118 e. The van der Waals surface area contributed by atoms with Crippen LogP contribution in [0.5, 0.6) is 0 Å². The second-order valence-electron chi connectivity index (χ2n) is 8.03. The van der Waals surface area contributed by atoms with Gasteiger partial charge in [0.25, 0.3) is 0 Å². The average Bonchev–Trinajstić information content (AvgIpc) is 2.53. The van der Waals surface area contributed by atoms with Gasteiger partial charge in [0.2, 0.25) is 0 Å². The first-order valence-corrected chi connectivity index (χ1v) is 8.41. The summed E-state index contributed by atoms with van der Waals surface area (Å²) in [6.07, 6.45) is 0. The van der Waals surface area contributed by atoms with Gasteiger partial charge in [-0.05, 0) is 29.5 Å². The highest BCUT2D eigenvalue weighted by Crippen LogP contribution is 2.53. The Kier molecular flexibility index (Phi) is 2.96. The molecule has 0 unspecified atom stereocenters. The van der Waals surface area contributed by atoms with E-state index in [4.69, 9.17) is 4.99 Å². The Hall–Kier alpha value is -2.09. The fourth-order valence-corrected chi connectivity index (χ4v) is 4.59. The number of benzene rings is 2. The zero-order valence-corrected chi connectivity index (χ0v) is 14.4. The zero-order valence-electron chi connectivity index (χ0n) is 14.4. The normalized spacial score (nSPS) is 26.0. The van der Waals surface area contributed by atoms with Gasteiger partial charge in [-0.25, -0.2) is 4.99 Å². The lowest BCUT2D eigenvalue weighted by molar-refractivity contribution is 0.0464. The summed E-state index contributed by atoms with van der Waals surface area (Å²) in [5.74, 6) is 1.22. The topological polar surface area (TPSA) is 15.6 Å². The van der Waals surface area contributed by atoms with Gasteiger partial charge in [0.05, 0.1) is 17.1 Å². The van der Waals surface area contributed by atoms with Crippen molar-refractivity contribution in [2.45, 2.75) is 45.7 Å². The minimum absolute atomic E-state index is 0.0208. The third-order valence-corrected chi connectivity index (χ3v) is 5.35. The molecule has 1 saturated heterocycles. The summed E-state index contributed by atoms with van der Waals surface area (Å²) in [5, 5.41) is 0. The summed E-state index contributed by atoms with van der Waals surface area (Å²) in [6, 6.07) is 19.8. The van der Waals surface area contributed by atoms with E-state index in [1.807, 2.05) is 0 Å². The highest BCUT2D eigenvalue weighted by atomic mass is 15.3. The summed E-state index contributed by atoms with van der Waals surface area (Å²) in [6.45, 7) is 10.4. The Morgan fingerprint density at radius 3 is 2.35 bits per heavy atom. The molecule has 2 aromatic carbocycles. The van der Waals surface area contributed by atoms with Crippen LogP contribution >= 0.6 is 0 Å². The maximum atomic E-state index is 5.05. The minimum atomic E-state index is -0.0208. The third-order valence-electron chi connectivity index (χ3n) is 5.35. The van der Waals surface area contributed by atoms with Crippen molar-refractivity contribution in [2.24, 2.45) is 10.4 Å². The maximum absolute atomic E-state index is 5.05. The molecule has 0 radical (unpaired) electrons. The Balaban J connectivity index is 1.88. The fraction of sp³-hybridized carbons (Fsp3) is 0.381. The molecule has 1 fully saturated rings. The van der Waals surface area contributed by atoms with Gasteiger partial charge in [-0.15, -0.1) is 0 Å². The van der Waals surface area contributed by atoms with Crippen molar-refractivity contribution >= 4 is 11.5 Å². The van der Waals surface area contributed by atoms with Gasteiger partial charge >= 0.3 is 0 Å². The van der Waals surface area contributed by atoms with E-state index in [9.17, 15) is 0 Å². The number of hydrogen-bond acceptors (Lipinski definition) is 2. The van der Waals surface area contributed by atoms with Crippen molar-refractivity contribution in [3.63, 3.8) is 0 Å². The van der Waals surface area contributed by atoms with E-state index < -0.39 is 0 Å². The lowest BCUT2D eigenvalue weighted by Crippen LogP contribution is -2.74. The van der Waals surface area contributed by atoms with Gasteiger partial charge in [-0.3, -0.25) is 0 Å². The maximum Gasteiger partial charge on any atom is 0.118 e. The molecular weight excluding hydrogens is 280 g/mol. The summed E-state index contributed by atoms with van der Waals surface area (Å²) in [7, 11) is 0. The average molecular weight is 304 g/mol. The molecule has 118 valence electrons. The summed E-state index contributed by atoms with van der Waals surface area (Å²) in [5.41, 5.74) is 4.01. The first-order valence-electron chi connectivity index (χ1n) is 8.41. The number of nitrogens with zero attached hydrogens (tertiary/aromatic N) is 2. The van der Waals surface area contributed by atoms with Gasteiger partial charge in [0.1, 0.15) is 5.84 Å². The van der Waals surface area contributed by atoms with E-state index in [1.54, 1.807) is 0 Å². The lowest BCUT2D eigenvalue weighted by atomic mass is 9.58. The molecule has 0 amide bonds. The van der Waals surface area contributed by atoms with Crippen LogP contribution in [0.15, 0.2) is 59.6 Å². The van der Waals surface area contributed by atoms with Crippen LogP contribution in [0.1, 0.15) is 38.8 Å². The molecule has 0 bridgehead atoms. The van der Waals surface area contributed by atoms with Crippen LogP contribution in [-0.4, -0.2) is 16.8 Å². The number of fused-ring (bicyclic) bond motifs is 2. The Bertz CT molecular complexity index is 770. The molecule has 2 aliphatic heterocycles. The first kappa shape index (κ1) is 14.5. The van der Waals surface area contributed by atoms with Crippen molar-refractivity contribution in [3.05, 3.63) is 65.7 Å². The Morgan fingerprint density at radius 1 is 1.00 bits per heavy atom. The van der Waals surface area contributed by atoms with Crippen LogP contribution in [0.3, 0.4) is 0 Å². The van der Waals surface area contributed by atoms with E-state index in [1.165, 1.54) is 17.0 Å². The molecule has 2 heterocycles. The monoisotopic (exact) mass is 304 g/mol. The van der Waals surface area contributed by atoms with Crippen LogP contribution in [0.4, 0.5) is 5.69 Å². The van der Waals surface area contributed by atoms with Crippen molar-refractivity contribution in [3.8, 4) is 0 Å². The lowest BCUT2D eigenvalue weighted by Gasteiger charge is -2.63. The molecule has 2 aliphatic rings. The van der Waals surface area contributed by atoms with E-state index in [-0.39, 0.29) is 10.8 Å². The largest absolute Gasteiger partial charge is 0.350 e. The molecule has 23 heavy (non-hydrogen) atoms. The predicted molar refractivity (Wildman–Crippen MR) is 96.1 cm³/mol. The van der Waals surface area contributed by atoms with Gasteiger partial charge in [0.15, 0.2) is 0 Å². The van der Waals surface area contributed by atoms with Crippen LogP contribution in [0, 0.1) is 5.41 Å². The number of amidine groups is 1. The minimum Gasteiger partial charge on any atom is -0.350 e. The van der Waals surface area contributed by atoms with Crippen molar-refractivity contribution < 1.29 is 0 Å². The van der Waals surface area contributed by atoms with E-state index >= 15 is 0 Å². The van der Waals surface area contributed by atoms with Gasteiger partial charge < -0.3 is 4.90 Å². The summed E-state index contributed by atoms with van der Waals surface area (Å²) < 4.78 is 0. The van der Waals surface area contributed by atoms with E-state index in [2.05, 4.69) is 87.2 Å². The SMILES string of the molecule is CC(C)(C)[C@@H]1N2Cc3ccccc3N=C2[C@]1(C)c1ccccc1. The molecule has 0 N–H and O–H groups in total. The highest BCUT2D eigenvalue weighted by Gasteiger charge is 2.60. The van der Waals surface area contributed by atoms with Crippen LogP contribution in [0.25, 0.3) is 0 Å². The number of para-hydroxylation sites is 1. The van der Waals surface area contributed by atoms with Gasteiger partial charge in [-0.1, -0.05) is 69.3 Å². The van der Waals surface area contributed by atoms with Crippen LogP contribution < -0.4 is 0 Å². The van der Waals surface area contributed by atoms with Gasteiger partial charge in [0, 0.05) is 6.54 Å². The second kappa shape index (κ2) is 4.70. The Labute approximate surface area is 138 Å². The molecule has 0 saturated carbocycles. The van der Waals surface area contributed by atoms with Gasteiger partial charge in [-0.2, -0.15) is 0 Å². The summed E-state index contributed by atoms with van der Waals surface area (Å²) >= 11 is 0. The standard InChI is InChI=1S/C21H24N2/c1-20(2,3)18-21(4,16-11-6-5-7-12-16)19-22-17-13-9-8-10-15(17)14-23(18)19/h5-13,18H,14H2,1-4H3/t18-,21+/m0/s1. The van der Waals surface area contributed by atoms with E-state index in [0.717, 1.165) is 12.2 Å².